The van der Waals surface area contributed by atoms with Crippen molar-refractivity contribution in [2.24, 2.45) is 0 Å². The summed E-state index contributed by atoms with van der Waals surface area (Å²) in [4.78, 5) is 0. The van der Waals surface area contributed by atoms with E-state index in [4.69, 9.17) is 5.10 Å². The first kappa shape index (κ1) is 12.4. The molecule has 0 bridgehead atoms. The zero-order valence-corrected chi connectivity index (χ0v) is 12.3. The molecule has 0 atom stereocenters. The van der Waals surface area contributed by atoms with Crippen molar-refractivity contribution in [3.8, 4) is 5.69 Å². The van der Waals surface area contributed by atoms with Gasteiger partial charge in [-0.15, -0.1) is 5.10 Å². The third-order valence-electron chi connectivity index (χ3n) is 4.21. The maximum atomic E-state index is 4.79. The van der Waals surface area contributed by atoms with Gasteiger partial charge in [0.05, 0.1) is 11.2 Å². The number of pyridine rings is 1. The number of rotatable bonds is 1. The highest BCUT2D eigenvalue weighted by molar-refractivity contribution is 6.11. The summed E-state index contributed by atoms with van der Waals surface area (Å²) in [5, 5.41) is 8.35. The fourth-order valence-corrected chi connectivity index (χ4v) is 3.14. The fraction of sp³-hybridized carbons (Fsp3) is 0. The Balaban J connectivity index is 1.99. The molecule has 0 radical (unpaired) electrons. The highest BCUT2D eigenvalue weighted by Crippen LogP contribution is 2.27. The minimum absolute atomic E-state index is 0.920. The van der Waals surface area contributed by atoms with Gasteiger partial charge in [-0.25, -0.2) is 0 Å². The number of para-hydroxylation sites is 2. The topological polar surface area (TPSA) is 21.2 Å². The molecule has 2 heterocycles. The van der Waals surface area contributed by atoms with Crippen LogP contribution in [0.5, 0.6) is 0 Å². The first-order valence-corrected chi connectivity index (χ1v) is 7.61. The van der Waals surface area contributed by atoms with Crippen molar-refractivity contribution in [3.63, 3.8) is 0 Å². The molecule has 0 spiro atoms. The molecule has 23 heavy (non-hydrogen) atoms. The van der Waals surface area contributed by atoms with Gasteiger partial charge in [0.1, 0.15) is 0 Å². The first-order chi connectivity index (χ1) is 11.4. The SMILES string of the molecule is [c-]1n2c3ccccc3c3ccccc3c2n[n+]1-c1ccccc1. The van der Waals surface area contributed by atoms with E-state index < -0.39 is 0 Å². The molecule has 0 aliphatic carbocycles. The van der Waals surface area contributed by atoms with E-state index in [0.717, 1.165) is 22.2 Å². The average Bonchev–Trinajstić information content (AvgIpc) is 3.09. The second-order valence-corrected chi connectivity index (χ2v) is 5.57. The van der Waals surface area contributed by atoms with Crippen LogP contribution in [0.15, 0.2) is 78.9 Å². The number of fused-ring (bicyclic) bond motifs is 6. The Morgan fingerprint density at radius 3 is 2.17 bits per heavy atom. The smallest absolute Gasteiger partial charge is 0.273 e. The van der Waals surface area contributed by atoms with Crippen LogP contribution in [0.4, 0.5) is 0 Å². The van der Waals surface area contributed by atoms with Gasteiger partial charge in [-0.05, 0) is 10.8 Å². The molecule has 108 valence electrons. The summed E-state index contributed by atoms with van der Waals surface area (Å²) in [6, 6.07) is 26.9. The maximum Gasteiger partial charge on any atom is 0.273 e. The summed E-state index contributed by atoms with van der Waals surface area (Å²) < 4.78 is 3.86. The second kappa shape index (κ2) is 4.65. The highest BCUT2D eigenvalue weighted by atomic mass is 15.3. The molecule has 0 unspecified atom stereocenters. The van der Waals surface area contributed by atoms with Crippen LogP contribution in [0.2, 0.25) is 0 Å². The van der Waals surface area contributed by atoms with Crippen molar-refractivity contribution in [2.45, 2.75) is 0 Å². The quantitative estimate of drug-likeness (QED) is 0.262. The van der Waals surface area contributed by atoms with Gasteiger partial charge >= 0.3 is 0 Å². The van der Waals surface area contributed by atoms with Crippen LogP contribution in [0, 0.1) is 6.33 Å². The number of nitrogens with zero attached hydrogens (tertiary/aromatic N) is 3. The fourth-order valence-electron chi connectivity index (χ4n) is 3.14. The lowest BCUT2D eigenvalue weighted by atomic mass is 10.1. The Morgan fingerprint density at radius 1 is 0.696 bits per heavy atom. The van der Waals surface area contributed by atoms with Gasteiger partial charge in [0, 0.05) is 5.39 Å². The van der Waals surface area contributed by atoms with Gasteiger partial charge in [-0.1, -0.05) is 78.9 Å². The van der Waals surface area contributed by atoms with Crippen LogP contribution < -0.4 is 4.68 Å². The monoisotopic (exact) mass is 295 g/mol. The average molecular weight is 295 g/mol. The Kier molecular flexibility index (Phi) is 2.50. The van der Waals surface area contributed by atoms with Crippen molar-refractivity contribution < 1.29 is 4.68 Å². The molecule has 0 aliphatic rings. The van der Waals surface area contributed by atoms with E-state index in [9.17, 15) is 0 Å². The molecule has 0 saturated carbocycles. The molecule has 5 rings (SSSR count). The molecule has 2 aromatic heterocycles. The minimum Gasteiger partial charge on any atom is -0.293 e. The summed E-state index contributed by atoms with van der Waals surface area (Å²) in [7, 11) is 0. The zero-order valence-electron chi connectivity index (χ0n) is 12.3. The number of aromatic nitrogens is 3. The lowest BCUT2D eigenvalue weighted by Crippen LogP contribution is -2.32. The van der Waals surface area contributed by atoms with Crippen LogP contribution in [-0.2, 0) is 0 Å². The number of hydrogen-bond acceptors (Lipinski definition) is 1. The van der Waals surface area contributed by atoms with E-state index in [0.29, 0.717) is 0 Å². The Morgan fingerprint density at radius 2 is 1.35 bits per heavy atom. The van der Waals surface area contributed by atoms with E-state index in [2.05, 4.69) is 54.9 Å². The van der Waals surface area contributed by atoms with Crippen molar-refractivity contribution in [2.75, 3.05) is 0 Å². The van der Waals surface area contributed by atoms with Crippen molar-refractivity contribution in [1.82, 2.24) is 9.50 Å². The molecular formula is C20H13N3. The van der Waals surface area contributed by atoms with Crippen molar-refractivity contribution in [3.05, 3.63) is 85.2 Å². The molecule has 0 aliphatic heterocycles. The summed E-state index contributed by atoms with van der Waals surface area (Å²) >= 11 is 0. The molecule has 3 heteroatoms. The maximum absolute atomic E-state index is 4.79. The van der Waals surface area contributed by atoms with Gasteiger partial charge < -0.3 is 0 Å². The van der Waals surface area contributed by atoms with Crippen LogP contribution >= 0.6 is 0 Å². The van der Waals surface area contributed by atoms with Gasteiger partial charge in [0.25, 0.3) is 6.33 Å². The van der Waals surface area contributed by atoms with Crippen LogP contribution in [0.1, 0.15) is 0 Å². The second-order valence-electron chi connectivity index (χ2n) is 5.57. The molecule has 3 aromatic carbocycles. The molecule has 0 amide bonds. The lowest BCUT2D eigenvalue weighted by Gasteiger charge is -2.06. The molecule has 0 saturated heterocycles. The van der Waals surface area contributed by atoms with E-state index in [1.165, 1.54) is 10.8 Å². The third-order valence-corrected chi connectivity index (χ3v) is 4.21. The van der Waals surface area contributed by atoms with Crippen LogP contribution in [-0.4, -0.2) is 9.50 Å². The van der Waals surface area contributed by atoms with Crippen molar-refractivity contribution >= 4 is 27.3 Å². The van der Waals surface area contributed by atoms with E-state index in [-0.39, 0.29) is 0 Å². The van der Waals surface area contributed by atoms with Gasteiger partial charge in [0.2, 0.25) is 0 Å². The third kappa shape index (κ3) is 1.77. The Bertz CT molecular complexity index is 1080. The summed E-state index contributed by atoms with van der Waals surface area (Å²) in [6.07, 6.45) is 3.37. The molecule has 0 fully saturated rings. The summed E-state index contributed by atoms with van der Waals surface area (Å²) in [6.45, 7) is 0. The van der Waals surface area contributed by atoms with E-state index in [1.807, 2.05) is 39.4 Å². The predicted octanol–water partition coefficient (Wildman–Crippen LogP) is 3.72. The zero-order chi connectivity index (χ0) is 15.2. The lowest BCUT2D eigenvalue weighted by molar-refractivity contribution is -0.659. The number of benzene rings is 3. The van der Waals surface area contributed by atoms with Crippen LogP contribution in [0.3, 0.4) is 0 Å². The van der Waals surface area contributed by atoms with E-state index >= 15 is 0 Å². The first-order valence-electron chi connectivity index (χ1n) is 7.61. The van der Waals surface area contributed by atoms with Gasteiger partial charge in [0.15, 0.2) is 5.65 Å². The minimum atomic E-state index is 0.920. The van der Waals surface area contributed by atoms with Gasteiger partial charge in [-0.3, -0.25) is 4.40 Å². The Hall–Kier alpha value is -3.20. The molecule has 5 aromatic rings. The van der Waals surface area contributed by atoms with E-state index in [1.54, 1.807) is 0 Å². The number of hydrogen-bond donors (Lipinski definition) is 0. The standard InChI is InChI=1S/C20H13N3/c1-2-8-15(9-3-1)23-14-22-19-13-7-6-11-17(19)16-10-4-5-12-18(16)20(22)21-23/h1-13H. The largest absolute Gasteiger partial charge is 0.293 e. The highest BCUT2D eigenvalue weighted by Gasteiger charge is 2.12. The Labute approximate surface area is 133 Å². The van der Waals surface area contributed by atoms with Crippen LogP contribution in [0.25, 0.3) is 33.0 Å². The summed E-state index contributed by atoms with van der Waals surface area (Å²) in [5.74, 6) is 0. The normalized spacial score (nSPS) is 11.5. The predicted molar refractivity (Wildman–Crippen MR) is 90.6 cm³/mol. The molecular weight excluding hydrogens is 282 g/mol. The van der Waals surface area contributed by atoms with Gasteiger partial charge in [-0.2, -0.15) is 4.68 Å². The van der Waals surface area contributed by atoms with Crippen molar-refractivity contribution in [1.29, 1.82) is 0 Å². The molecule has 0 N–H and O–H groups in total. The summed E-state index contributed by atoms with van der Waals surface area (Å²) in [5.41, 5.74) is 3.04. The molecule has 3 nitrogen and oxygen atoms in total.